The van der Waals surface area contributed by atoms with E-state index in [2.05, 4.69) is 30.3 Å². The molecule has 0 radical (unpaired) electrons. The Bertz CT molecular complexity index is 1610. The first kappa shape index (κ1) is 24.5. The Morgan fingerprint density at radius 3 is 2.87 bits per heavy atom. The zero-order valence-electron chi connectivity index (χ0n) is 21.0. The average molecular weight is 528 g/mol. The van der Waals surface area contributed by atoms with Gasteiger partial charge in [0.05, 0.1) is 11.6 Å². The number of benzene rings is 2. The van der Waals surface area contributed by atoms with Gasteiger partial charge in [0, 0.05) is 30.7 Å². The summed E-state index contributed by atoms with van der Waals surface area (Å²) in [5.74, 6) is 1.91. The molecule has 4 heterocycles. The maximum atomic E-state index is 13.1. The van der Waals surface area contributed by atoms with Crippen LogP contribution < -0.4 is 19.7 Å². The topological polar surface area (TPSA) is 107 Å². The standard InChI is InChI=1S/C28H26FN7O3/c29-20-9-7-19(8-10-20)11-13-31-28(37)39-25-16-24(22-5-1-2-6-23(22)34-25)38-17-21-4-3-15-35(21)26-12-14-30-27-32-18-33-36(26)27/h1-2,5-10,12,14,16,18,21H,3-4,11,13,15,17H2,(H,31,37)/t21-/m1/s1. The van der Waals surface area contributed by atoms with E-state index in [-0.39, 0.29) is 17.7 Å². The molecule has 1 aliphatic heterocycles. The maximum absolute atomic E-state index is 13.1. The van der Waals surface area contributed by atoms with Gasteiger partial charge < -0.3 is 19.7 Å². The number of pyridine rings is 1. The number of aromatic nitrogens is 5. The molecule has 3 aromatic heterocycles. The van der Waals surface area contributed by atoms with E-state index >= 15 is 0 Å². The van der Waals surface area contributed by atoms with Crippen LogP contribution >= 0.6 is 0 Å². The van der Waals surface area contributed by atoms with Crippen molar-refractivity contribution in [2.24, 2.45) is 0 Å². The van der Waals surface area contributed by atoms with Gasteiger partial charge in [0.1, 0.15) is 30.3 Å². The van der Waals surface area contributed by atoms with Crippen molar-refractivity contribution in [3.05, 3.63) is 84.6 Å². The molecule has 1 atom stereocenters. The number of carbonyl (C=O) groups is 1. The lowest BCUT2D eigenvalue weighted by Gasteiger charge is -2.26. The van der Waals surface area contributed by atoms with Crippen LogP contribution in [0.15, 0.2) is 73.2 Å². The summed E-state index contributed by atoms with van der Waals surface area (Å²) in [6.45, 7) is 1.64. The molecular weight excluding hydrogens is 501 g/mol. The number of hydrogen-bond acceptors (Lipinski definition) is 8. The van der Waals surface area contributed by atoms with Crippen molar-refractivity contribution >= 4 is 28.6 Å². The molecule has 0 saturated carbocycles. The maximum Gasteiger partial charge on any atom is 0.413 e. The van der Waals surface area contributed by atoms with E-state index in [1.807, 2.05) is 30.3 Å². The number of rotatable bonds is 8. The van der Waals surface area contributed by atoms with Crippen molar-refractivity contribution in [1.29, 1.82) is 0 Å². The lowest BCUT2D eigenvalue weighted by Crippen LogP contribution is -2.35. The van der Waals surface area contributed by atoms with Crippen molar-refractivity contribution in [2.45, 2.75) is 25.3 Å². The zero-order chi connectivity index (χ0) is 26.6. The predicted molar refractivity (Wildman–Crippen MR) is 143 cm³/mol. The molecule has 0 bridgehead atoms. The van der Waals surface area contributed by atoms with E-state index < -0.39 is 6.09 Å². The molecule has 0 spiro atoms. The number of fused-ring (bicyclic) bond motifs is 2. The van der Waals surface area contributed by atoms with Crippen molar-refractivity contribution in [3.8, 4) is 11.6 Å². The number of amides is 1. The molecule has 1 N–H and O–H groups in total. The molecule has 39 heavy (non-hydrogen) atoms. The van der Waals surface area contributed by atoms with Crippen molar-refractivity contribution < 1.29 is 18.7 Å². The minimum absolute atomic E-state index is 0.117. The number of anilines is 1. The van der Waals surface area contributed by atoms with E-state index in [1.54, 1.807) is 28.9 Å². The van der Waals surface area contributed by atoms with Crippen molar-refractivity contribution in [2.75, 3.05) is 24.6 Å². The summed E-state index contributed by atoms with van der Waals surface area (Å²) in [6.07, 6.45) is 5.14. The van der Waals surface area contributed by atoms with Crippen LogP contribution in [0.1, 0.15) is 18.4 Å². The molecule has 0 unspecified atom stereocenters. The Kier molecular flexibility index (Phi) is 6.86. The third-order valence-corrected chi connectivity index (χ3v) is 6.71. The first-order valence-corrected chi connectivity index (χ1v) is 12.8. The zero-order valence-corrected chi connectivity index (χ0v) is 21.0. The first-order chi connectivity index (χ1) is 19.1. The predicted octanol–water partition coefficient (Wildman–Crippen LogP) is 4.19. The number of nitrogens with one attached hydrogen (secondary N) is 1. The highest BCUT2D eigenvalue weighted by Crippen LogP contribution is 2.31. The average Bonchev–Trinajstić information content (AvgIpc) is 3.62. The van der Waals surface area contributed by atoms with Gasteiger partial charge in [0.2, 0.25) is 5.88 Å². The monoisotopic (exact) mass is 527 g/mol. The van der Waals surface area contributed by atoms with Crippen LogP contribution in [0.2, 0.25) is 0 Å². The molecule has 6 rings (SSSR count). The third kappa shape index (κ3) is 5.42. The molecule has 2 aromatic carbocycles. The van der Waals surface area contributed by atoms with Gasteiger partial charge in [-0.2, -0.15) is 14.6 Å². The second-order valence-electron chi connectivity index (χ2n) is 9.24. The number of nitrogens with zero attached hydrogens (tertiary/aromatic N) is 6. The Labute approximate surface area is 223 Å². The summed E-state index contributed by atoms with van der Waals surface area (Å²) >= 11 is 0. The summed E-state index contributed by atoms with van der Waals surface area (Å²) in [7, 11) is 0. The van der Waals surface area contributed by atoms with E-state index in [1.165, 1.54) is 18.5 Å². The normalized spacial score (nSPS) is 15.1. The van der Waals surface area contributed by atoms with Gasteiger partial charge in [-0.25, -0.2) is 19.2 Å². The lowest BCUT2D eigenvalue weighted by molar-refractivity contribution is 0.198. The molecule has 10 nitrogen and oxygen atoms in total. The summed E-state index contributed by atoms with van der Waals surface area (Å²) < 4.78 is 26.6. The molecule has 198 valence electrons. The highest BCUT2D eigenvalue weighted by atomic mass is 19.1. The quantitative estimate of drug-likeness (QED) is 0.320. The summed E-state index contributed by atoms with van der Waals surface area (Å²) in [4.78, 5) is 27.7. The molecule has 11 heteroatoms. The van der Waals surface area contributed by atoms with Crippen LogP contribution in [0.4, 0.5) is 15.0 Å². The fourth-order valence-corrected chi connectivity index (χ4v) is 4.82. The molecule has 1 aliphatic rings. The summed E-state index contributed by atoms with van der Waals surface area (Å²) in [5, 5.41) is 7.86. The minimum Gasteiger partial charge on any atom is -0.491 e. The summed E-state index contributed by atoms with van der Waals surface area (Å²) in [5.41, 5.74) is 1.57. The molecule has 1 fully saturated rings. The van der Waals surface area contributed by atoms with Gasteiger partial charge >= 0.3 is 6.09 Å². The fourth-order valence-electron chi connectivity index (χ4n) is 4.82. The third-order valence-electron chi connectivity index (χ3n) is 6.71. The number of ether oxygens (including phenoxy) is 2. The van der Waals surface area contributed by atoms with Crippen LogP contribution in [0.5, 0.6) is 11.6 Å². The number of hydrogen-bond donors (Lipinski definition) is 1. The molecule has 0 aliphatic carbocycles. The smallest absolute Gasteiger partial charge is 0.413 e. The molecular formula is C28H26FN7O3. The van der Waals surface area contributed by atoms with Crippen LogP contribution in [-0.4, -0.2) is 56.4 Å². The van der Waals surface area contributed by atoms with Gasteiger partial charge in [0.15, 0.2) is 0 Å². The van der Waals surface area contributed by atoms with Gasteiger partial charge in [-0.05, 0) is 55.2 Å². The van der Waals surface area contributed by atoms with E-state index in [4.69, 9.17) is 9.47 Å². The fraction of sp³-hybridized carbons (Fsp3) is 0.250. The Morgan fingerprint density at radius 2 is 1.97 bits per heavy atom. The lowest BCUT2D eigenvalue weighted by atomic mass is 10.1. The Hall–Kier alpha value is -4.80. The Morgan fingerprint density at radius 1 is 1.10 bits per heavy atom. The minimum atomic E-state index is -0.623. The van der Waals surface area contributed by atoms with Crippen LogP contribution in [0, 0.1) is 5.82 Å². The highest BCUT2D eigenvalue weighted by molar-refractivity contribution is 5.86. The van der Waals surface area contributed by atoms with E-state index in [0.29, 0.717) is 36.6 Å². The SMILES string of the molecule is O=C(NCCc1ccc(F)cc1)Oc1cc(OC[C@H]2CCCN2c2ccnc3ncnn23)c2ccccc2n1. The van der Waals surface area contributed by atoms with Crippen LogP contribution in [-0.2, 0) is 6.42 Å². The second-order valence-corrected chi connectivity index (χ2v) is 9.24. The number of carbonyl (C=O) groups excluding carboxylic acids is 1. The highest BCUT2D eigenvalue weighted by Gasteiger charge is 2.28. The van der Waals surface area contributed by atoms with Crippen molar-refractivity contribution in [3.63, 3.8) is 0 Å². The molecule has 1 saturated heterocycles. The first-order valence-electron chi connectivity index (χ1n) is 12.8. The summed E-state index contributed by atoms with van der Waals surface area (Å²) in [6, 6.07) is 17.4. The Balaban J connectivity index is 1.14. The molecule has 5 aromatic rings. The van der Waals surface area contributed by atoms with Crippen LogP contribution in [0.3, 0.4) is 0 Å². The van der Waals surface area contributed by atoms with E-state index in [0.717, 1.165) is 36.2 Å². The van der Waals surface area contributed by atoms with Gasteiger partial charge in [-0.15, -0.1) is 0 Å². The van der Waals surface area contributed by atoms with Crippen LogP contribution in [0.25, 0.3) is 16.7 Å². The van der Waals surface area contributed by atoms with Crippen molar-refractivity contribution in [1.82, 2.24) is 29.9 Å². The molecule has 1 amide bonds. The van der Waals surface area contributed by atoms with E-state index in [9.17, 15) is 9.18 Å². The second kappa shape index (κ2) is 10.9. The largest absolute Gasteiger partial charge is 0.491 e. The van der Waals surface area contributed by atoms with Gasteiger partial charge in [-0.3, -0.25) is 0 Å². The van der Waals surface area contributed by atoms with Gasteiger partial charge in [-0.1, -0.05) is 24.3 Å². The number of para-hydroxylation sites is 1. The number of halogens is 1. The van der Waals surface area contributed by atoms with Gasteiger partial charge in [0.25, 0.3) is 5.78 Å².